The fourth-order valence-corrected chi connectivity index (χ4v) is 1.84. The fraction of sp³-hybridized carbons (Fsp3) is 0.538. The molecule has 0 saturated carbocycles. The molecule has 0 aliphatic rings. The second-order valence-electron chi connectivity index (χ2n) is 3.62. The summed E-state index contributed by atoms with van der Waals surface area (Å²) in [6.07, 6.45) is -1.81. The maximum atomic E-state index is 12.2. The number of rotatable bonds is 4. The highest BCUT2D eigenvalue weighted by Gasteiger charge is 2.30. The quantitative estimate of drug-likeness (QED) is 0.527. The van der Waals surface area contributed by atoms with Crippen molar-refractivity contribution in [3.63, 3.8) is 0 Å². The van der Waals surface area contributed by atoms with Crippen molar-refractivity contribution >= 4 is 11.8 Å². The van der Waals surface area contributed by atoms with Crippen LogP contribution in [0.5, 0.6) is 0 Å². The van der Waals surface area contributed by atoms with Gasteiger partial charge in [0, 0.05) is 0 Å². The second kappa shape index (κ2) is 9.25. The van der Waals surface area contributed by atoms with Gasteiger partial charge in [0.15, 0.2) is 0 Å². The van der Waals surface area contributed by atoms with Crippen molar-refractivity contribution in [2.45, 2.75) is 32.9 Å². The number of hydrogen-bond acceptors (Lipinski definition) is 1. The molecule has 5 heteroatoms. The Bertz CT molecular complexity index is 319. The predicted molar refractivity (Wildman–Crippen MR) is 69.3 cm³/mol. The standard InChI is InChI=1S/C7H4F4.C6H14S/c8-6-3-1-2-5(4-6)7(9,10)11;1-3-5-7-6-4-2/h1-4H;3-6H2,1-2H3. The Hall–Kier alpha value is -0.710. The predicted octanol–water partition coefficient (Wildman–Crippen LogP) is 5.38. The van der Waals surface area contributed by atoms with Gasteiger partial charge in [0.2, 0.25) is 0 Å². The molecular weight excluding hydrogens is 264 g/mol. The largest absolute Gasteiger partial charge is 0.416 e. The molecule has 0 N–H and O–H groups in total. The molecule has 0 nitrogen and oxygen atoms in total. The highest BCUT2D eigenvalue weighted by atomic mass is 32.2. The summed E-state index contributed by atoms with van der Waals surface area (Å²) >= 11 is 2.05. The summed E-state index contributed by atoms with van der Waals surface area (Å²) in [5.74, 6) is 1.81. The number of alkyl halides is 3. The van der Waals surface area contributed by atoms with Crippen LogP contribution in [0, 0.1) is 5.82 Å². The summed E-state index contributed by atoms with van der Waals surface area (Å²) in [5, 5.41) is 0. The molecule has 0 aromatic heterocycles. The Labute approximate surface area is 110 Å². The molecule has 18 heavy (non-hydrogen) atoms. The smallest absolute Gasteiger partial charge is 0.207 e. The van der Waals surface area contributed by atoms with Gasteiger partial charge < -0.3 is 0 Å². The van der Waals surface area contributed by atoms with Gasteiger partial charge in [-0.3, -0.25) is 0 Å². The molecule has 1 rings (SSSR count). The van der Waals surface area contributed by atoms with Crippen LogP contribution >= 0.6 is 11.8 Å². The van der Waals surface area contributed by atoms with Crippen molar-refractivity contribution in [2.24, 2.45) is 0 Å². The number of thioether (sulfide) groups is 1. The first kappa shape index (κ1) is 17.3. The minimum atomic E-state index is -4.46. The molecule has 0 amide bonds. The molecule has 0 aliphatic carbocycles. The van der Waals surface area contributed by atoms with E-state index in [0.29, 0.717) is 6.07 Å². The van der Waals surface area contributed by atoms with E-state index >= 15 is 0 Å². The first-order valence-corrected chi connectivity index (χ1v) is 6.97. The van der Waals surface area contributed by atoms with Crippen LogP contribution < -0.4 is 0 Å². The lowest BCUT2D eigenvalue weighted by Gasteiger charge is -2.04. The molecule has 0 spiro atoms. The van der Waals surface area contributed by atoms with Gasteiger partial charge >= 0.3 is 6.18 Å². The van der Waals surface area contributed by atoms with E-state index in [0.717, 1.165) is 18.2 Å². The van der Waals surface area contributed by atoms with E-state index in [1.165, 1.54) is 24.3 Å². The van der Waals surface area contributed by atoms with Gasteiger partial charge in [0.05, 0.1) is 5.56 Å². The molecule has 1 aromatic rings. The summed E-state index contributed by atoms with van der Waals surface area (Å²) in [4.78, 5) is 0. The first-order chi connectivity index (χ1) is 8.41. The van der Waals surface area contributed by atoms with Gasteiger partial charge in [-0.05, 0) is 42.5 Å². The molecule has 0 atom stereocenters. The van der Waals surface area contributed by atoms with Crippen molar-refractivity contribution < 1.29 is 17.6 Å². The highest BCUT2D eigenvalue weighted by molar-refractivity contribution is 7.99. The number of benzene rings is 1. The second-order valence-corrected chi connectivity index (χ2v) is 4.85. The van der Waals surface area contributed by atoms with Crippen molar-refractivity contribution in [3.8, 4) is 0 Å². The Morgan fingerprint density at radius 3 is 1.94 bits per heavy atom. The average Bonchev–Trinajstić information content (AvgIpc) is 2.29. The minimum absolute atomic E-state index is 0.458. The lowest BCUT2D eigenvalue weighted by molar-refractivity contribution is -0.137. The average molecular weight is 282 g/mol. The third-order valence-corrected chi connectivity index (χ3v) is 3.24. The summed E-state index contributed by atoms with van der Waals surface area (Å²) < 4.78 is 47.6. The van der Waals surface area contributed by atoms with E-state index in [2.05, 4.69) is 25.6 Å². The zero-order chi connectivity index (χ0) is 14.0. The monoisotopic (exact) mass is 282 g/mol. The van der Waals surface area contributed by atoms with Crippen LogP contribution in [-0.4, -0.2) is 11.5 Å². The van der Waals surface area contributed by atoms with Crippen molar-refractivity contribution in [3.05, 3.63) is 35.6 Å². The summed E-state index contributed by atoms with van der Waals surface area (Å²) in [6.45, 7) is 4.45. The van der Waals surface area contributed by atoms with Crippen LogP contribution in [-0.2, 0) is 6.18 Å². The topological polar surface area (TPSA) is 0 Å². The van der Waals surface area contributed by atoms with Crippen LogP contribution in [0.15, 0.2) is 24.3 Å². The lowest BCUT2D eigenvalue weighted by Crippen LogP contribution is -2.04. The van der Waals surface area contributed by atoms with Gasteiger partial charge in [0.1, 0.15) is 5.82 Å². The summed E-state index contributed by atoms with van der Waals surface area (Å²) in [5.41, 5.74) is -0.961. The van der Waals surface area contributed by atoms with Crippen molar-refractivity contribution in [1.29, 1.82) is 0 Å². The third-order valence-electron chi connectivity index (χ3n) is 1.85. The molecular formula is C13H18F4S. The van der Waals surface area contributed by atoms with Crippen LogP contribution in [0.2, 0.25) is 0 Å². The molecule has 104 valence electrons. The van der Waals surface area contributed by atoms with Crippen LogP contribution in [0.4, 0.5) is 17.6 Å². The van der Waals surface area contributed by atoms with Gasteiger partial charge in [-0.25, -0.2) is 4.39 Å². The maximum absolute atomic E-state index is 12.2. The Balaban J connectivity index is 0.000000360. The zero-order valence-electron chi connectivity index (χ0n) is 10.6. The molecule has 0 saturated heterocycles. The third kappa shape index (κ3) is 8.39. The van der Waals surface area contributed by atoms with E-state index in [1.807, 2.05) is 0 Å². The Morgan fingerprint density at radius 2 is 1.61 bits per heavy atom. The molecule has 0 bridgehead atoms. The normalized spacial score (nSPS) is 10.8. The van der Waals surface area contributed by atoms with Gasteiger partial charge in [-0.1, -0.05) is 19.9 Å². The van der Waals surface area contributed by atoms with Gasteiger partial charge in [-0.2, -0.15) is 24.9 Å². The summed E-state index contributed by atoms with van der Waals surface area (Å²) in [6, 6.07) is 3.27. The molecule has 1 aromatic carbocycles. The molecule has 0 unspecified atom stereocenters. The fourth-order valence-electron chi connectivity index (χ4n) is 1.06. The van der Waals surface area contributed by atoms with Crippen molar-refractivity contribution in [1.82, 2.24) is 0 Å². The van der Waals surface area contributed by atoms with Crippen molar-refractivity contribution in [2.75, 3.05) is 11.5 Å². The van der Waals surface area contributed by atoms with E-state index in [-0.39, 0.29) is 0 Å². The zero-order valence-corrected chi connectivity index (χ0v) is 11.4. The van der Waals surface area contributed by atoms with E-state index in [4.69, 9.17) is 0 Å². The Morgan fingerprint density at radius 1 is 1.06 bits per heavy atom. The molecule has 0 radical (unpaired) electrons. The highest BCUT2D eigenvalue weighted by Crippen LogP contribution is 2.29. The number of hydrogen-bond donors (Lipinski definition) is 0. The van der Waals surface area contributed by atoms with Crippen LogP contribution in [0.3, 0.4) is 0 Å². The van der Waals surface area contributed by atoms with E-state index in [1.54, 1.807) is 0 Å². The van der Waals surface area contributed by atoms with Crippen LogP contribution in [0.1, 0.15) is 32.3 Å². The minimum Gasteiger partial charge on any atom is -0.207 e. The molecule has 0 heterocycles. The first-order valence-electron chi connectivity index (χ1n) is 5.82. The molecule has 0 aliphatic heterocycles. The van der Waals surface area contributed by atoms with E-state index < -0.39 is 17.6 Å². The SMILES string of the molecule is CCCSCCC.Fc1cccc(C(F)(F)F)c1. The van der Waals surface area contributed by atoms with Crippen LogP contribution in [0.25, 0.3) is 0 Å². The Kier molecular flexibility index (Phi) is 8.89. The molecule has 0 fully saturated rings. The lowest BCUT2D eigenvalue weighted by atomic mass is 10.2. The van der Waals surface area contributed by atoms with Gasteiger partial charge in [-0.15, -0.1) is 0 Å². The summed E-state index contributed by atoms with van der Waals surface area (Å²) in [7, 11) is 0. The number of halogens is 4. The maximum Gasteiger partial charge on any atom is 0.416 e. The van der Waals surface area contributed by atoms with E-state index in [9.17, 15) is 17.6 Å². The van der Waals surface area contributed by atoms with Gasteiger partial charge in [0.25, 0.3) is 0 Å².